The number of nitrogens with two attached hydrogens (primary N) is 1. The normalized spacial score (nSPS) is 26.0. The van der Waals surface area contributed by atoms with Crippen molar-refractivity contribution < 1.29 is 17.9 Å². The van der Waals surface area contributed by atoms with E-state index in [0.717, 1.165) is 0 Å². The Bertz CT molecular complexity index is 952. The topological polar surface area (TPSA) is 120 Å². The highest BCUT2D eigenvalue weighted by atomic mass is 19.4. The van der Waals surface area contributed by atoms with Crippen LogP contribution in [0, 0.1) is 0 Å². The third kappa shape index (κ3) is 4.57. The maximum Gasteiger partial charge on any atom is 0.406 e. The molecule has 0 aromatic carbocycles. The summed E-state index contributed by atoms with van der Waals surface area (Å²) >= 11 is 0. The summed E-state index contributed by atoms with van der Waals surface area (Å²) in [6.07, 6.45) is -2.34. The number of nitrogens with one attached hydrogen (secondary N) is 1. The Morgan fingerprint density at radius 3 is 2.39 bits per heavy atom. The van der Waals surface area contributed by atoms with Crippen molar-refractivity contribution in [2.45, 2.75) is 18.4 Å². The molecule has 0 bridgehead atoms. The molecule has 0 radical (unpaired) electrons. The van der Waals surface area contributed by atoms with Gasteiger partial charge in [0, 0.05) is 51.7 Å². The van der Waals surface area contributed by atoms with E-state index in [1.54, 1.807) is 0 Å². The summed E-state index contributed by atoms with van der Waals surface area (Å²) in [6.45, 7) is 3.51. The number of nitrogen functional groups attached to an aromatic ring is 1. The maximum absolute atomic E-state index is 13.7. The second-order valence-electron chi connectivity index (χ2n) is 8.12. The van der Waals surface area contributed by atoms with E-state index < -0.39 is 24.9 Å². The van der Waals surface area contributed by atoms with Crippen LogP contribution in [0.3, 0.4) is 0 Å². The highest BCUT2D eigenvalue weighted by Crippen LogP contribution is 2.31. The molecule has 0 spiro atoms. The molecule has 2 unspecified atom stereocenters. The van der Waals surface area contributed by atoms with Crippen LogP contribution in [0.4, 0.5) is 19.1 Å². The first kappa shape index (κ1) is 21.8. The van der Waals surface area contributed by atoms with Crippen molar-refractivity contribution in [1.82, 2.24) is 30.0 Å². The Hall–Kier alpha value is -3.00. The van der Waals surface area contributed by atoms with E-state index >= 15 is 0 Å². The molecule has 178 valence electrons. The van der Waals surface area contributed by atoms with Crippen molar-refractivity contribution in [2.24, 2.45) is 15.0 Å². The highest BCUT2D eigenvalue weighted by Gasteiger charge is 2.48. The minimum atomic E-state index is -4.42. The predicted octanol–water partition coefficient (Wildman–Crippen LogP) is -0.616. The third-order valence-electron chi connectivity index (χ3n) is 5.87. The lowest BCUT2D eigenvalue weighted by Crippen LogP contribution is -2.56. The number of ether oxygens (including phenoxy) is 1. The summed E-state index contributed by atoms with van der Waals surface area (Å²) in [4.78, 5) is 27.3. The number of hydrogen-bond donors (Lipinski definition) is 2. The van der Waals surface area contributed by atoms with E-state index in [4.69, 9.17) is 20.5 Å². The average Bonchev–Trinajstić information content (AvgIpc) is 3.17. The van der Waals surface area contributed by atoms with Gasteiger partial charge >= 0.3 is 6.18 Å². The van der Waals surface area contributed by atoms with Crippen molar-refractivity contribution in [3.05, 3.63) is 18.0 Å². The summed E-state index contributed by atoms with van der Waals surface area (Å²) in [6, 6.07) is -0.645. The van der Waals surface area contributed by atoms with Crippen molar-refractivity contribution in [2.75, 3.05) is 64.8 Å². The minimum absolute atomic E-state index is 0.0920. The lowest BCUT2D eigenvalue weighted by atomic mass is 10.1. The fraction of sp³-hybridized carbons (Fsp3) is 0.632. The number of piperazine rings is 1. The van der Waals surface area contributed by atoms with Gasteiger partial charge in [-0.15, -0.1) is 0 Å². The zero-order chi connectivity index (χ0) is 23.0. The van der Waals surface area contributed by atoms with E-state index in [0.29, 0.717) is 69.8 Å². The van der Waals surface area contributed by atoms with Gasteiger partial charge in [0.15, 0.2) is 24.0 Å². The molecule has 14 heteroatoms. The molecule has 5 rings (SSSR count). The predicted molar refractivity (Wildman–Crippen MR) is 115 cm³/mol. The number of aliphatic imine (C=N–C) groups is 3. The van der Waals surface area contributed by atoms with Crippen LogP contribution in [0.15, 0.2) is 27.4 Å². The molecule has 11 nitrogen and oxygen atoms in total. The van der Waals surface area contributed by atoms with Crippen LogP contribution in [-0.4, -0.2) is 120 Å². The Labute approximate surface area is 188 Å². The third-order valence-corrected chi connectivity index (χ3v) is 5.87. The number of nitrogens with zero attached hydrogens (tertiary/aromatic N) is 8. The molecule has 4 aliphatic heterocycles. The van der Waals surface area contributed by atoms with Crippen molar-refractivity contribution >= 4 is 23.6 Å². The van der Waals surface area contributed by atoms with Gasteiger partial charge in [0.05, 0.1) is 18.8 Å². The summed E-state index contributed by atoms with van der Waals surface area (Å²) in [5, 5.41) is 3.22. The van der Waals surface area contributed by atoms with Crippen LogP contribution < -0.4 is 11.1 Å². The largest absolute Gasteiger partial charge is 0.406 e. The van der Waals surface area contributed by atoms with Gasteiger partial charge in [-0.25, -0.2) is 24.9 Å². The Kier molecular flexibility index (Phi) is 5.78. The molecular weight excluding hydrogens is 441 g/mol. The van der Waals surface area contributed by atoms with Gasteiger partial charge in [-0.1, -0.05) is 0 Å². The first-order valence-corrected chi connectivity index (χ1v) is 10.8. The molecule has 0 amide bonds. The van der Waals surface area contributed by atoms with Crippen LogP contribution in [0.2, 0.25) is 0 Å². The highest BCUT2D eigenvalue weighted by molar-refractivity contribution is 6.10. The maximum atomic E-state index is 13.7. The molecular formula is C19H25F3N10O. The zero-order valence-electron chi connectivity index (χ0n) is 17.9. The number of fused-ring (bicyclic) bond motifs is 1. The Balaban J connectivity index is 1.56. The van der Waals surface area contributed by atoms with Crippen LogP contribution in [0.5, 0.6) is 0 Å². The number of halogens is 3. The van der Waals surface area contributed by atoms with Crippen LogP contribution >= 0.6 is 0 Å². The average molecular weight is 466 g/mol. The van der Waals surface area contributed by atoms with Gasteiger partial charge in [-0.2, -0.15) is 13.2 Å². The van der Waals surface area contributed by atoms with E-state index in [9.17, 15) is 13.2 Å². The van der Waals surface area contributed by atoms with Gasteiger partial charge in [-0.3, -0.25) is 0 Å². The number of morpholine rings is 1. The first-order chi connectivity index (χ1) is 15.9. The zero-order valence-corrected chi connectivity index (χ0v) is 17.9. The van der Waals surface area contributed by atoms with E-state index in [2.05, 4.69) is 20.3 Å². The fourth-order valence-electron chi connectivity index (χ4n) is 4.34. The minimum Gasteiger partial charge on any atom is -0.378 e. The number of rotatable bonds is 2. The monoisotopic (exact) mass is 466 g/mol. The molecule has 3 N–H and O–H groups in total. The van der Waals surface area contributed by atoms with Crippen LogP contribution in [-0.2, 0) is 4.74 Å². The van der Waals surface area contributed by atoms with Crippen molar-refractivity contribution in [1.29, 1.82) is 0 Å². The molecule has 5 heterocycles. The molecule has 2 fully saturated rings. The second-order valence-corrected chi connectivity index (χ2v) is 8.12. The molecule has 1 aromatic heterocycles. The van der Waals surface area contributed by atoms with Crippen LogP contribution in [0.1, 0.15) is 5.56 Å². The molecule has 2 atom stereocenters. The van der Waals surface area contributed by atoms with Gasteiger partial charge < -0.3 is 30.5 Å². The lowest BCUT2D eigenvalue weighted by Gasteiger charge is -2.38. The smallest absolute Gasteiger partial charge is 0.378 e. The molecule has 1 aromatic rings. The summed E-state index contributed by atoms with van der Waals surface area (Å²) in [5.74, 6) is 1.25. The fourth-order valence-corrected chi connectivity index (χ4v) is 4.34. The first-order valence-electron chi connectivity index (χ1n) is 10.8. The summed E-state index contributed by atoms with van der Waals surface area (Å²) < 4.78 is 46.4. The van der Waals surface area contributed by atoms with Crippen molar-refractivity contribution in [3.8, 4) is 0 Å². The number of hydrogen-bond acceptors (Lipinski definition) is 11. The lowest BCUT2D eigenvalue weighted by molar-refractivity contribution is -0.141. The number of alkyl halides is 3. The molecule has 2 saturated heterocycles. The van der Waals surface area contributed by atoms with Crippen molar-refractivity contribution in [3.63, 3.8) is 0 Å². The molecule has 0 saturated carbocycles. The Morgan fingerprint density at radius 1 is 1.03 bits per heavy atom. The number of anilines is 1. The Morgan fingerprint density at radius 2 is 1.73 bits per heavy atom. The van der Waals surface area contributed by atoms with Gasteiger partial charge in [0.1, 0.15) is 12.4 Å². The van der Waals surface area contributed by atoms with E-state index in [1.807, 2.05) is 9.80 Å². The number of amidine groups is 2. The van der Waals surface area contributed by atoms with Gasteiger partial charge in [0.25, 0.3) is 0 Å². The quantitative estimate of drug-likeness (QED) is 0.592. The number of guanidine groups is 1. The van der Waals surface area contributed by atoms with E-state index in [1.165, 1.54) is 17.3 Å². The summed E-state index contributed by atoms with van der Waals surface area (Å²) in [7, 11) is 0. The SMILES string of the molecule is Nc1ncc(C2=NC3C(N=C(N4CCNCC4)N3CC(F)(F)F)C(N3CCOCC3)=N2)cn1. The summed E-state index contributed by atoms with van der Waals surface area (Å²) in [5.41, 5.74) is 6.08. The van der Waals surface area contributed by atoms with Gasteiger partial charge in [-0.05, 0) is 0 Å². The van der Waals surface area contributed by atoms with E-state index in [-0.39, 0.29) is 11.8 Å². The molecule has 33 heavy (non-hydrogen) atoms. The second kappa shape index (κ2) is 8.74. The standard InChI is InChI=1S/C19H25F3N10O/c20-19(21,22)11-32-16-13(27-18(32)31-3-1-24-2-4-31)15(30-5-7-33-8-6-30)28-14(29-16)12-9-25-17(23)26-10-12/h9-10,13,16,24H,1-8,11H2,(H2,23,25,26). The molecule has 0 aliphatic carbocycles. The number of aromatic nitrogens is 2. The van der Waals surface area contributed by atoms with Crippen LogP contribution in [0.25, 0.3) is 0 Å². The van der Waals surface area contributed by atoms with Gasteiger partial charge in [0.2, 0.25) is 5.95 Å². The molecule has 4 aliphatic rings.